The van der Waals surface area contributed by atoms with Gasteiger partial charge in [-0.1, -0.05) is 24.3 Å². The zero-order chi connectivity index (χ0) is 23.8. The Balaban J connectivity index is 1.92. The van der Waals surface area contributed by atoms with Crippen LogP contribution in [-0.4, -0.2) is 41.0 Å². The molecule has 1 aliphatic rings. The normalized spacial score (nSPS) is 15.6. The number of rotatable bonds is 6. The van der Waals surface area contributed by atoms with Crippen molar-refractivity contribution in [3.63, 3.8) is 0 Å². The molecule has 2 heterocycles. The summed E-state index contributed by atoms with van der Waals surface area (Å²) in [6.07, 6.45) is -4.50. The molecular formula is C23H20F3N3O4. The molecule has 0 aliphatic carbocycles. The molecule has 172 valence electrons. The molecule has 4 rings (SSSR count). The summed E-state index contributed by atoms with van der Waals surface area (Å²) in [6.45, 7) is 0.159. The first kappa shape index (κ1) is 22.4. The van der Waals surface area contributed by atoms with Gasteiger partial charge in [0.2, 0.25) is 5.91 Å². The lowest BCUT2D eigenvalue weighted by molar-refractivity contribution is -0.274. The van der Waals surface area contributed by atoms with E-state index in [-0.39, 0.29) is 30.7 Å². The maximum absolute atomic E-state index is 12.8. The fourth-order valence-electron chi connectivity index (χ4n) is 4.02. The number of aliphatic hydroxyl groups excluding tert-OH is 1. The molecule has 3 aromatic rings. The van der Waals surface area contributed by atoms with Gasteiger partial charge in [-0.25, -0.2) is 0 Å². The highest BCUT2D eigenvalue weighted by Crippen LogP contribution is 2.40. The molecular weight excluding hydrogens is 439 g/mol. The maximum atomic E-state index is 12.8. The van der Waals surface area contributed by atoms with Gasteiger partial charge in [-0.05, 0) is 47.9 Å². The summed E-state index contributed by atoms with van der Waals surface area (Å²) in [5, 5.41) is 12.3. The molecule has 1 aromatic heterocycles. The number of hydrogen-bond acceptors (Lipinski definition) is 4. The van der Waals surface area contributed by atoms with Crippen LogP contribution in [0.4, 0.5) is 13.2 Å². The van der Waals surface area contributed by atoms with Crippen LogP contribution in [-0.2, 0) is 0 Å². The fourth-order valence-corrected chi connectivity index (χ4v) is 4.02. The topological polar surface area (TPSA) is 107 Å². The maximum Gasteiger partial charge on any atom is 0.573 e. The summed E-state index contributed by atoms with van der Waals surface area (Å²) in [4.78, 5) is 24.1. The second-order valence-corrected chi connectivity index (χ2v) is 7.56. The van der Waals surface area contributed by atoms with Gasteiger partial charge in [0, 0.05) is 24.3 Å². The number of amides is 2. The van der Waals surface area contributed by atoms with E-state index in [1.807, 2.05) is 0 Å². The monoisotopic (exact) mass is 459 g/mol. The summed E-state index contributed by atoms with van der Waals surface area (Å²) < 4.78 is 44.1. The van der Waals surface area contributed by atoms with Gasteiger partial charge >= 0.3 is 6.36 Å². The third-order valence-electron chi connectivity index (χ3n) is 5.42. The van der Waals surface area contributed by atoms with E-state index in [1.165, 1.54) is 30.3 Å². The number of aliphatic hydroxyl groups is 1. The van der Waals surface area contributed by atoms with Gasteiger partial charge in [-0.2, -0.15) is 0 Å². The van der Waals surface area contributed by atoms with Gasteiger partial charge in [0.1, 0.15) is 11.4 Å². The highest BCUT2D eigenvalue weighted by molar-refractivity contribution is 5.99. The Morgan fingerprint density at radius 1 is 1.15 bits per heavy atom. The zero-order valence-corrected chi connectivity index (χ0v) is 17.2. The molecule has 1 atom stereocenters. The van der Waals surface area contributed by atoms with Crippen molar-refractivity contribution in [2.45, 2.75) is 18.8 Å². The first-order valence-corrected chi connectivity index (χ1v) is 10.1. The van der Waals surface area contributed by atoms with E-state index in [9.17, 15) is 27.9 Å². The van der Waals surface area contributed by atoms with Crippen molar-refractivity contribution in [3.05, 3.63) is 65.9 Å². The number of nitrogens with two attached hydrogens (primary N) is 1. The Morgan fingerprint density at radius 3 is 2.52 bits per heavy atom. The minimum Gasteiger partial charge on any atom is -0.406 e. The summed E-state index contributed by atoms with van der Waals surface area (Å²) in [6, 6.07) is 13.2. The standard InChI is InChI=1S/C23H20F3N3O4/c24-23(25,26)33-17-3-1-2-15(10-17)18-11-19-22(32)28-12-16(8-9-30)29(19)20(18)13-4-6-14(7-5-13)21(27)31/h1-7,10-11,16,30H,8-9,12H2,(H2,27,31)(H,28,32). The molecule has 2 amide bonds. The summed E-state index contributed by atoms with van der Waals surface area (Å²) >= 11 is 0. The van der Waals surface area contributed by atoms with Crippen molar-refractivity contribution in [1.82, 2.24) is 9.88 Å². The largest absolute Gasteiger partial charge is 0.573 e. The number of carbonyl (C=O) groups is 2. The van der Waals surface area contributed by atoms with Crippen molar-refractivity contribution < 1.29 is 32.6 Å². The lowest BCUT2D eigenvalue weighted by atomic mass is 9.99. The lowest BCUT2D eigenvalue weighted by Crippen LogP contribution is -2.39. The number of ether oxygens (including phenoxy) is 1. The second-order valence-electron chi connectivity index (χ2n) is 7.56. The van der Waals surface area contributed by atoms with Crippen LogP contribution in [0, 0.1) is 0 Å². The van der Waals surface area contributed by atoms with Gasteiger partial charge in [0.05, 0.1) is 11.7 Å². The Labute approximate surface area is 186 Å². The quantitative estimate of drug-likeness (QED) is 0.525. The van der Waals surface area contributed by atoms with Crippen LogP contribution in [0.25, 0.3) is 22.4 Å². The molecule has 10 heteroatoms. The number of fused-ring (bicyclic) bond motifs is 1. The highest BCUT2D eigenvalue weighted by Gasteiger charge is 2.33. The molecule has 0 saturated carbocycles. The van der Waals surface area contributed by atoms with Crippen molar-refractivity contribution in [2.75, 3.05) is 13.2 Å². The fraction of sp³-hybridized carbons (Fsp3) is 0.217. The highest BCUT2D eigenvalue weighted by atomic mass is 19.4. The molecule has 0 spiro atoms. The predicted molar refractivity (Wildman–Crippen MR) is 114 cm³/mol. The van der Waals surface area contributed by atoms with Gasteiger partial charge in [-0.15, -0.1) is 13.2 Å². The predicted octanol–water partition coefficient (Wildman–Crippen LogP) is 3.49. The third kappa shape index (κ3) is 4.56. The average Bonchev–Trinajstić information content (AvgIpc) is 3.17. The van der Waals surface area contributed by atoms with Crippen LogP contribution in [0.1, 0.15) is 33.3 Å². The van der Waals surface area contributed by atoms with Crippen LogP contribution in [0.2, 0.25) is 0 Å². The van der Waals surface area contributed by atoms with Crippen LogP contribution < -0.4 is 15.8 Å². The van der Waals surface area contributed by atoms with Crippen LogP contribution >= 0.6 is 0 Å². The van der Waals surface area contributed by atoms with E-state index in [4.69, 9.17) is 5.73 Å². The molecule has 0 bridgehead atoms. The molecule has 1 aliphatic heterocycles. The number of hydrogen-bond donors (Lipinski definition) is 3. The average molecular weight is 459 g/mol. The third-order valence-corrected chi connectivity index (χ3v) is 5.42. The Bertz CT molecular complexity index is 1200. The van der Waals surface area contributed by atoms with Crippen LogP contribution in [0.15, 0.2) is 54.6 Å². The summed E-state index contributed by atoms with van der Waals surface area (Å²) in [5.74, 6) is -1.34. The Kier molecular flexibility index (Phi) is 5.86. The zero-order valence-electron chi connectivity index (χ0n) is 17.2. The number of nitrogens with zero attached hydrogens (tertiary/aromatic N) is 1. The van der Waals surface area contributed by atoms with E-state index in [0.29, 0.717) is 34.5 Å². The SMILES string of the molecule is NC(=O)c1ccc(-c2c(-c3cccc(OC(F)(F)F)c3)cc3n2C(CCO)CNC3=O)cc1. The van der Waals surface area contributed by atoms with Gasteiger partial charge < -0.3 is 25.5 Å². The van der Waals surface area contributed by atoms with E-state index in [0.717, 1.165) is 0 Å². The number of nitrogens with one attached hydrogen (secondary N) is 1. The van der Waals surface area contributed by atoms with Crippen molar-refractivity contribution in [2.24, 2.45) is 5.73 Å². The Morgan fingerprint density at radius 2 is 1.88 bits per heavy atom. The van der Waals surface area contributed by atoms with Crippen molar-refractivity contribution in [3.8, 4) is 28.1 Å². The minimum atomic E-state index is -4.85. The number of carbonyl (C=O) groups excluding carboxylic acids is 2. The summed E-state index contributed by atoms with van der Waals surface area (Å²) in [7, 11) is 0. The molecule has 33 heavy (non-hydrogen) atoms. The molecule has 0 saturated heterocycles. The smallest absolute Gasteiger partial charge is 0.406 e. The molecule has 4 N–H and O–H groups in total. The molecule has 0 fully saturated rings. The van der Waals surface area contributed by atoms with Crippen LogP contribution in [0.5, 0.6) is 5.75 Å². The van der Waals surface area contributed by atoms with E-state index < -0.39 is 18.0 Å². The van der Waals surface area contributed by atoms with E-state index in [2.05, 4.69) is 10.1 Å². The number of alkyl halides is 3. The molecule has 1 unspecified atom stereocenters. The number of benzene rings is 2. The summed E-state index contributed by atoms with van der Waals surface area (Å²) in [5.41, 5.74) is 8.03. The van der Waals surface area contributed by atoms with E-state index >= 15 is 0 Å². The van der Waals surface area contributed by atoms with Crippen LogP contribution in [0.3, 0.4) is 0 Å². The van der Waals surface area contributed by atoms with Crippen molar-refractivity contribution in [1.29, 1.82) is 0 Å². The number of halogens is 3. The second kappa shape index (κ2) is 8.62. The van der Waals surface area contributed by atoms with Gasteiger partial charge in [-0.3, -0.25) is 9.59 Å². The first-order valence-electron chi connectivity index (χ1n) is 10.1. The Hall–Kier alpha value is -3.79. The van der Waals surface area contributed by atoms with Gasteiger partial charge in [0.15, 0.2) is 0 Å². The van der Waals surface area contributed by atoms with E-state index in [1.54, 1.807) is 28.8 Å². The van der Waals surface area contributed by atoms with Gasteiger partial charge in [0.25, 0.3) is 5.91 Å². The lowest BCUT2D eigenvalue weighted by Gasteiger charge is -2.28. The molecule has 0 radical (unpaired) electrons. The minimum absolute atomic E-state index is 0.123. The molecule has 2 aromatic carbocycles. The molecule has 7 nitrogen and oxygen atoms in total. The van der Waals surface area contributed by atoms with Crippen molar-refractivity contribution >= 4 is 11.8 Å². The first-order chi connectivity index (χ1) is 15.7. The number of primary amides is 1. The number of aromatic nitrogens is 1.